The molecule has 1 heterocycles. The molecule has 3 aromatic rings. The molecule has 0 radical (unpaired) electrons. The van der Waals surface area contributed by atoms with Crippen molar-refractivity contribution in [1.29, 1.82) is 5.41 Å². The van der Waals surface area contributed by atoms with Crippen LogP contribution in [0.4, 0.5) is 13.2 Å². The van der Waals surface area contributed by atoms with Gasteiger partial charge in [-0.25, -0.2) is 0 Å². The number of aromatic nitrogens is 1. The van der Waals surface area contributed by atoms with Gasteiger partial charge < -0.3 is 14.6 Å². The van der Waals surface area contributed by atoms with E-state index in [1.165, 1.54) is 37.6 Å². The van der Waals surface area contributed by atoms with Crippen molar-refractivity contribution in [1.82, 2.24) is 4.98 Å². The topological polar surface area (TPSA) is 118 Å². The molecule has 2 atom stereocenters. The van der Waals surface area contributed by atoms with E-state index in [1.807, 2.05) is 0 Å². The lowest BCUT2D eigenvalue weighted by Crippen LogP contribution is -2.39. The summed E-state index contributed by atoms with van der Waals surface area (Å²) in [6, 6.07) is 13.5. The summed E-state index contributed by atoms with van der Waals surface area (Å²) in [6.45, 7) is 0.0163. The first-order valence-corrected chi connectivity index (χ1v) is 11.6. The van der Waals surface area contributed by atoms with Gasteiger partial charge in [-0.2, -0.15) is 13.2 Å². The molecule has 7 nitrogen and oxygen atoms in total. The molecule has 38 heavy (non-hydrogen) atoms. The van der Waals surface area contributed by atoms with E-state index in [0.29, 0.717) is 40.3 Å². The first-order chi connectivity index (χ1) is 18.1. The molecule has 1 aromatic heterocycles. The standard InChI is InChI=1S/C28H24F3N3O4/c1-37-26(33)11-9-24(32)18-5-3-17(4-6-18)20-12-16(2-8-23(20)28(29,30)31)15-38-19-7-10-25(34-14-19)21-13-22(21)27(35)36/h2-12,14,21-22,32-33H,13,15H2,1H3,(H,35,36)/p+1/b11-9-,32-24?,33-26?/t21-,22-/m1/s1. The zero-order valence-corrected chi connectivity index (χ0v) is 20.3. The Morgan fingerprint density at radius 2 is 1.89 bits per heavy atom. The predicted octanol–water partition coefficient (Wildman–Crippen LogP) is 4.26. The predicted molar refractivity (Wildman–Crippen MR) is 134 cm³/mol. The van der Waals surface area contributed by atoms with E-state index in [-0.39, 0.29) is 24.0 Å². The van der Waals surface area contributed by atoms with Crippen LogP contribution in [0.2, 0.25) is 0 Å². The molecular formula is C28H25F3N3O4+. The number of hydrogen-bond donors (Lipinski definition) is 3. The molecule has 2 aromatic carbocycles. The van der Waals surface area contributed by atoms with Gasteiger partial charge in [-0.1, -0.05) is 18.2 Å². The highest BCUT2D eigenvalue weighted by atomic mass is 19.4. The van der Waals surface area contributed by atoms with Gasteiger partial charge in [0.15, 0.2) is 0 Å². The van der Waals surface area contributed by atoms with E-state index >= 15 is 0 Å². The van der Waals surface area contributed by atoms with Crippen molar-refractivity contribution >= 4 is 17.6 Å². The lowest BCUT2D eigenvalue weighted by molar-refractivity contribution is -0.139. The van der Waals surface area contributed by atoms with Gasteiger partial charge in [0.25, 0.3) is 0 Å². The highest BCUT2D eigenvalue weighted by Crippen LogP contribution is 2.46. The molecule has 0 spiro atoms. The summed E-state index contributed by atoms with van der Waals surface area (Å²) >= 11 is 0. The minimum Gasteiger partial charge on any atom is -0.487 e. The summed E-state index contributed by atoms with van der Waals surface area (Å²) in [6.07, 6.45) is 0.336. The van der Waals surface area contributed by atoms with E-state index in [4.69, 9.17) is 25.4 Å². The second kappa shape index (κ2) is 10.9. The SMILES string of the molecule is COC(=N)/C=C\C(=[NH2+])c1ccc(-c2cc(COc3ccc([C@@H]4C[C@H]4C(=O)O)nc3)ccc2C(F)(F)F)cc1. The largest absolute Gasteiger partial charge is 0.487 e. The first-order valence-electron chi connectivity index (χ1n) is 11.6. The summed E-state index contributed by atoms with van der Waals surface area (Å²) in [5, 5.41) is 22.5. The summed E-state index contributed by atoms with van der Waals surface area (Å²) in [7, 11) is 1.36. The Morgan fingerprint density at radius 3 is 2.47 bits per heavy atom. The maximum absolute atomic E-state index is 13.8. The monoisotopic (exact) mass is 524 g/mol. The third-order valence-corrected chi connectivity index (χ3v) is 6.21. The summed E-state index contributed by atoms with van der Waals surface area (Å²) in [5.41, 5.74) is 1.70. The molecule has 4 rings (SSSR count). The van der Waals surface area contributed by atoms with Gasteiger partial charge in [0.05, 0.1) is 24.8 Å². The van der Waals surface area contributed by atoms with Crippen molar-refractivity contribution in [3.8, 4) is 16.9 Å². The minimum atomic E-state index is -4.56. The van der Waals surface area contributed by atoms with Crippen LogP contribution in [-0.2, 0) is 22.3 Å². The Hall–Kier alpha value is -4.47. The van der Waals surface area contributed by atoms with Gasteiger partial charge in [-0.05, 0) is 59.5 Å². The average Bonchev–Trinajstić information content (AvgIpc) is 3.71. The minimum absolute atomic E-state index is 0.00217. The number of pyridine rings is 1. The van der Waals surface area contributed by atoms with Gasteiger partial charge in [0, 0.05) is 29.3 Å². The molecule has 0 unspecified atom stereocenters. The van der Waals surface area contributed by atoms with Crippen molar-refractivity contribution < 1.29 is 38.0 Å². The number of aliphatic carboxylic acids is 1. The van der Waals surface area contributed by atoms with Crippen molar-refractivity contribution in [2.75, 3.05) is 7.11 Å². The number of carbonyl (C=O) groups is 1. The van der Waals surface area contributed by atoms with E-state index in [9.17, 15) is 18.0 Å². The van der Waals surface area contributed by atoms with E-state index in [1.54, 1.807) is 36.4 Å². The second-order valence-electron chi connectivity index (χ2n) is 8.81. The third-order valence-electron chi connectivity index (χ3n) is 6.21. The molecule has 10 heteroatoms. The number of ether oxygens (including phenoxy) is 2. The van der Waals surface area contributed by atoms with E-state index in [2.05, 4.69) is 4.98 Å². The zero-order valence-electron chi connectivity index (χ0n) is 20.3. The number of alkyl halides is 3. The van der Waals surface area contributed by atoms with Crippen LogP contribution in [0.25, 0.3) is 11.1 Å². The number of methoxy groups -OCH3 is 1. The van der Waals surface area contributed by atoms with Gasteiger partial charge >= 0.3 is 12.1 Å². The van der Waals surface area contributed by atoms with Crippen LogP contribution < -0.4 is 10.1 Å². The van der Waals surface area contributed by atoms with Crippen molar-refractivity contribution in [2.24, 2.45) is 5.92 Å². The Kier molecular flexibility index (Phi) is 7.61. The molecule has 0 amide bonds. The maximum Gasteiger partial charge on any atom is 0.417 e. The lowest BCUT2D eigenvalue weighted by Gasteiger charge is -2.15. The third kappa shape index (κ3) is 6.26. The number of carboxylic acids is 1. The summed E-state index contributed by atoms with van der Waals surface area (Å²) in [5.74, 6) is -1.02. The van der Waals surface area contributed by atoms with Crippen LogP contribution >= 0.6 is 0 Å². The van der Waals surface area contributed by atoms with Crippen LogP contribution in [0.5, 0.6) is 5.75 Å². The quantitative estimate of drug-likeness (QED) is 0.286. The summed E-state index contributed by atoms with van der Waals surface area (Å²) < 4.78 is 51.8. The Morgan fingerprint density at radius 1 is 1.16 bits per heavy atom. The number of nitrogens with two attached hydrogens (primary N) is 1. The van der Waals surface area contributed by atoms with E-state index < -0.39 is 23.6 Å². The fourth-order valence-electron chi connectivity index (χ4n) is 4.00. The number of nitrogens with zero attached hydrogens (tertiary/aromatic N) is 1. The van der Waals surface area contributed by atoms with Crippen molar-refractivity contribution in [3.05, 3.63) is 95.3 Å². The number of rotatable bonds is 9. The number of benzene rings is 2. The molecule has 4 N–H and O–H groups in total. The highest BCUT2D eigenvalue weighted by molar-refractivity contribution is 6.07. The van der Waals surface area contributed by atoms with Gasteiger partial charge in [-0.3, -0.25) is 20.6 Å². The second-order valence-corrected chi connectivity index (χ2v) is 8.81. The molecule has 1 aliphatic carbocycles. The van der Waals surface area contributed by atoms with Crippen LogP contribution in [-0.4, -0.2) is 34.8 Å². The Labute approximate surface area is 216 Å². The molecule has 1 saturated carbocycles. The fourth-order valence-corrected chi connectivity index (χ4v) is 4.00. The Bertz CT molecular complexity index is 1380. The van der Waals surface area contributed by atoms with Gasteiger partial charge in [0.2, 0.25) is 11.6 Å². The number of halogens is 3. The number of nitrogens with one attached hydrogen (secondary N) is 1. The van der Waals surface area contributed by atoms with Crippen LogP contribution in [0.15, 0.2) is 72.9 Å². The molecular weight excluding hydrogens is 499 g/mol. The smallest absolute Gasteiger partial charge is 0.417 e. The van der Waals surface area contributed by atoms with Crippen molar-refractivity contribution in [2.45, 2.75) is 25.1 Å². The van der Waals surface area contributed by atoms with Crippen molar-refractivity contribution in [3.63, 3.8) is 0 Å². The summed E-state index contributed by atoms with van der Waals surface area (Å²) in [4.78, 5) is 15.3. The van der Waals surface area contributed by atoms with Crippen LogP contribution in [0, 0.1) is 11.3 Å². The molecule has 0 aliphatic heterocycles. The molecule has 1 fully saturated rings. The number of carboxylic acid groups (broad SMARTS) is 1. The van der Waals surface area contributed by atoms with Crippen LogP contribution in [0.3, 0.4) is 0 Å². The number of allylic oxidation sites excluding steroid dienone is 1. The van der Waals surface area contributed by atoms with Crippen LogP contribution in [0.1, 0.15) is 34.7 Å². The molecule has 0 saturated heterocycles. The highest BCUT2D eigenvalue weighted by Gasteiger charge is 2.45. The average molecular weight is 525 g/mol. The maximum atomic E-state index is 13.8. The number of hydrogen-bond acceptors (Lipinski definition) is 5. The fraction of sp³-hybridized carbons (Fsp3) is 0.214. The van der Waals surface area contributed by atoms with Gasteiger partial charge in [-0.15, -0.1) is 0 Å². The first kappa shape index (κ1) is 26.6. The normalized spacial score (nSPS) is 16.7. The van der Waals surface area contributed by atoms with E-state index in [0.717, 1.165) is 6.07 Å². The molecule has 1 aliphatic rings. The molecule has 0 bridgehead atoms. The lowest BCUT2D eigenvalue weighted by atomic mass is 9.95. The molecule has 196 valence electrons. The zero-order chi connectivity index (χ0) is 27.4. The Balaban J connectivity index is 1.50. The van der Waals surface area contributed by atoms with Gasteiger partial charge in [0.1, 0.15) is 12.4 Å².